The van der Waals surface area contributed by atoms with E-state index < -0.39 is 10.0 Å². The molecule has 1 aliphatic heterocycles. The molecule has 0 radical (unpaired) electrons. The number of sulfonamides is 1. The smallest absolute Gasteiger partial charge is 0.243 e. The number of benzene rings is 1. The van der Waals surface area contributed by atoms with Gasteiger partial charge in [-0.3, -0.25) is 0 Å². The third kappa shape index (κ3) is 4.95. The van der Waals surface area contributed by atoms with Crippen molar-refractivity contribution in [1.29, 1.82) is 0 Å². The first-order valence-electron chi connectivity index (χ1n) is 10.7. The van der Waals surface area contributed by atoms with Crippen LogP contribution in [0.1, 0.15) is 36.9 Å². The summed E-state index contributed by atoms with van der Waals surface area (Å²) in [5, 5.41) is 3.65. The van der Waals surface area contributed by atoms with E-state index in [0.717, 1.165) is 29.7 Å². The Balaban J connectivity index is 1.69. The molecule has 1 aromatic heterocycles. The Morgan fingerprint density at radius 2 is 1.81 bits per heavy atom. The fourth-order valence-electron chi connectivity index (χ4n) is 4.25. The van der Waals surface area contributed by atoms with E-state index in [2.05, 4.69) is 16.4 Å². The van der Waals surface area contributed by atoms with Crippen molar-refractivity contribution >= 4 is 27.2 Å². The van der Waals surface area contributed by atoms with Gasteiger partial charge < -0.3 is 10.1 Å². The number of methoxy groups -OCH3 is 1. The minimum atomic E-state index is -3.49. The third-order valence-corrected chi connectivity index (χ3v) is 8.16. The molecule has 1 aromatic carbocycles. The highest BCUT2D eigenvalue weighted by Crippen LogP contribution is 2.34. The molecule has 2 aliphatic rings. The van der Waals surface area contributed by atoms with Crippen LogP contribution < -0.4 is 10.1 Å². The van der Waals surface area contributed by atoms with Gasteiger partial charge in [0.15, 0.2) is 0 Å². The fraction of sp³-hybridized carbons (Fsp3) is 0.435. The molecular weight excluding hydrogens is 434 g/mol. The lowest BCUT2D eigenvalue weighted by Crippen LogP contribution is -2.46. The molecule has 0 unspecified atom stereocenters. The van der Waals surface area contributed by atoms with Gasteiger partial charge in [0.1, 0.15) is 5.02 Å². The van der Waals surface area contributed by atoms with Crippen LogP contribution in [0.15, 0.2) is 47.4 Å². The second kappa shape index (κ2) is 9.69. The van der Waals surface area contributed by atoms with Crippen molar-refractivity contribution in [2.45, 2.75) is 30.6 Å². The molecule has 1 aliphatic carbocycles. The number of hydrogen-bond acceptors (Lipinski definition) is 5. The Bertz CT molecular complexity index is 1040. The lowest BCUT2D eigenvalue weighted by Gasteiger charge is -2.26. The SMILES string of the molecule is COc1nc(C(=CC2CCCC2)c2ccc(S(=O)(=O)N3CCNCC3)cc2)ccc1Cl. The average molecular weight is 462 g/mol. The molecule has 0 atom stereocenters. The monoisotopic (exact) mass is 461 g/mol. The predicted octanol–water partition coefficient (Wildman–Crippen LogP) is 3.96. The number of nitrogens with one attached hydrogen (secondary N) is 1. The molecule has 2 aromatic rings. The van der Waals surface area contributed by atoms with E-state index in [0.29, 0.717) is 47.9 Å². The molecule has 166 valence electrons. The Morgan fingerprint density at radius 3 is 2.45 bits per heavy atom. The van der Waals surface area contributed by atoms with Crippen LogP contribution in [0.4, 0.5) is 0 Å². The van der Waals surface area contributed by atoms with E-state index in [1.807, 2.05) is 18.2 Å². The van der Waals surface area contributed by atoms with Crippen molar-refractivity contribution in [2.75, 3.05) is 33.3 Å². The first kappa shape index (κ1) is 22.3. The molecule has 8 heteroatoms. The number of pyridine rings is 1. The molecule has 4 rings (SSSR count). The van der Waals surface area contributed by atoms with Crippen molar-refractivity contribution in [2.24, 2.45) is 5.92 Å². The molecule has 6 nitrogen and oxygen atoms in total. The molecular formula is C23H28ClN3O3S. The van der Waals surface area contributed by atoms with Crippen LogP contribution in [0.25, 0.3) is 5.57 Å². The van der Waals surface area contributed by atoms with Crippen LogP contribution in [0.5, 0.6) is 5.88 Å². The zero-order chi connectivity index (χ0) is 21.8. The maximum atomic E-state index is 13.0. The number of halogens is 1. The van der Waals surface area contributed by atoms with E-state index in [-0.39, 0.29) is 0 Å². The van der Waals surface area contributed by atoms with Crippen LogP contribution in [0, 0.1) is 5.92 Å². The largest absolute Gasteiger partial charge is 0.480 e. The number of nitrogens with zero attached hydrogens (tertiary/aromatic N) is 2. The van der Waals surface area contributed by atoms with Gasteiger partial charge in [0, 0.05) is 31.8 Å². The standard InChI is InChI=1S/C23H28ClN3O3S/c1-30-23-21(24)10-11-22(26-23)20(16-17-4-2-3-5-17)18-6-8-19(9-7-18)31(28,29)27-14-12-25-13-15-27/h6-11,16-17,25H,2-5,12-15H2,1H3. The Labute approximate surface area is 189 Å². The zero-order valence-corrected chi connectivity index (χ0v) is 19.3. The van der Waals surface area contributed by atoms with E-state index in [1.54, 1.807) is 29.6 Å². The zero-order valence-electron chi connectivity index (χ0n) is 17.7. The highest BCUT2D eigenvalue weighted by Gasteiger charge is 2.26. The van der Waals surface area contributed by atoms with Gasteiger partial charge in [-0.1, -0.05) is 42.7 Å². The number of ether oxygens (including phenoxy) is 1. The fourth-order valence-corrected chi connectivity index (χ4v) is 5.87. The third-order valence-electron chi connectivity index (χ3n) is 5.96. The second-order valence-corrected chi connectivity index (χ2v) is 10.3. The average Bonchev–Trinajstić information content (AvgIpc) is 3.32. The van der Waals surface area contributed by atoms with Gasteiger partial charge in [0.2, 0.25) is 15.9 Å². The molecule has 1 N–H and O–H groups in total. The van der Waals surface area contributed by atoms with Crippen molar-refractivity contribution in [1.82, 2.24) is 14.6 Å². The van der Waals surface area contributed by atoms with E-state index in [1.165, 1.54) is 12.8 Å². The minimum absolute atomic E-state index is 0.319. The summed E-state index contributed by atoms with van der Waals surface area (Å²) in [4.78, 5) is 4.92. The lowest BCUT2D eigenvalue weighted by atomic mass is 9.96. The Kier molecular flexibility index (Phi) is 6.96. The maximum absolute atomic E-state index is 13.0. The Hall–Kier alpha value is -1.93. The molecule has 2 fully saturated rings. The van der Waals surface area contributed by atoms with Crippen molar-refractivity contribution in [3.63, 3.8) is 0 Å². The second-order valence-electron chi connectivity index (χ2n) is 7.99. The Morgan fingerprint density at radius 1 is 1.13 bits per heavy atom. The normalized spacial score (nSPS) is 19.0. The number of piperazine rings is 1. The molecule has 0 bridgehead atoms. The summed E-state index contributed by atoms with van der Waals surface area (Å²) in [5.41, 5.74) is 2.68. The van der Waals surface area contributed by atoms with Crippen LogP contribution in [-0.4, -0.2) is 51.0 Å². The van der Waals surface area contributed by atoms with Gasteiger partial charge in [-0.25, -0.2) is 13.4 Å². The summed E-state index contributed by atoms with van der Waals surface area (Å²) in [7, 11) is -1.94. The number of aromatic nitrogens is 1. The molecule has 1 saturated carbocycles. The summed E-state index contributed by atoms with van der Waals surface area (Å²) in [5.74, 6) is 0.872. The molecule has 0 amide bonds. The van der Waals surface area contributed by atoms with Gasteiger partial charge in [-0.05, 0) is 48.6 Å². The van der Waals surface area contributed by atoms with Crippen LogP contribution in [-0.2, 0) is 10.0 Å². The van der Waals surface area contributed by atoms with Crippen molar-refractivity contribution in [3.8, 4) is 5.88 Å². The number of rotatable bonds is 6. The molecule has 1 saturated heterocycles. The van der Waals surface area contributed by atoms with Crippen molar-refractivity contribution < 1.29 is 13.2 Å². The van der Waals surface area contributed by atoms with E-state index >= 15 is 0 Å². The highest BCUT2D eigenvalue weighted by atomic mass is 35.5. The summed E-state index contributed by atoms with van der Waals surface area (Å²) in [6, 6.07) is 10.8. The van der Waals surface area contributed by atoms with Gasteiger partial charge in [0.05, 0.1) is 17.7 Å². The number of hydrogen-bond donors (Lipinski definition) is 1. The van der Waals surface area contributed by atoms with E-state index in [9.17, 15) is 8.42 Å². The summed E-state index contributed by atoms with van der Waals surface area (Å²) in [6.45, 7) is 2.34. The highest BCUT2D eigenvalue weighted by molar-refractivity contribution is 7.89. The van der Waals surface area contributed by atoms with Gasteiger partial charge in [-0.2, -0.15) is 4.31 Å². The van der Waals surface area contributed by atoms with Gasteiger partial charge in [-0.15, -0.1) is 0 Å². The topological polar surface area (TPSA) is 71.5 Å². The van der Waals surface area contributed by atoms with E-state index in [4.69, 9.17) is 16.3 Å². The first-order chi connectivity index (χ1) is 15.0. The minimum Gasteiger partial charge on any atom is -0.480 e. The summed E-state index contributed by atoms with van der Waals surface area (Å²) >= 11 is 6.18. The summed E-state index contributed by atoms with van der Waals surface area (Å²) in [6.07, 6.45) is 7.04. The summed E-state index contributed by atoms with van der Waals surface area (Å²) < 4.78 is 32.8. The lowest BCUT2D eigenvalue weighted by molar-refractivity contribution is 0.360. The number of allylic oxidation sites excluding steroid dienone is 1. The van der Waals surface area contributed by atoms with Crippen molar-refractivity contribution in [3.05, 3.63) is 58.8 Å². The maximum Gasteiger partial charge on any atom is 0.243 e. The molecule has 2 heterocycles. The predicted molar refractivity (Wildman–Crippen MR) is 123 cm³/mol. The molecule has 31 heavy (non-hydrogen) atoms. The van der Waals surface area contributed by atoms with Crippen LogP contribution >= 0.6 is 11.6 Å². The van der Waals surface area contributed by atoms with Gasteiger partial charge >= 0.3 is 0 Å². The van der Waals surface area contributed by atoms with Crippen LogP contribution in [0.2, 0.25) is 5.02 Å². The van der Waals surface area contributed by atoms with Gasteiger partial charge in [0.25, 0.3) is 0 Å². The van der Waals surface area contributed by atoms with Crippen LogP contribution in [0.3, 0.4) is 0 Å². The first-order valence-corrected chi connectivity index (χ1v) is 12.5. The quantitative estimate of drug-likeness (QED) is 0.705. The molecule has 0 spiro atoms.